The minimum atomic E-state index is 0.231. The zero-order chi connectivity index (χ0) is 15.3. The molecule has 1 aliphatic rings. The SMILES string of the molecule is COc1ccccc1CN1CCC(CNC(C)(C)C)CC1. The smallest absolute Gasteiger partial charge is 0.123 e. The first kappa shape index (κ1) is 16.3. The molecule has 1 heterocycles. The van der Waals surface area contributed by atoms with Gasteiger partial charge in [0.25, 0.3) is 0 Å². The third-order valence-corrected chi connectivity index (χ3v) is 4.21. The molecule has 3 nitrogen and oxygen atoms in total. The highest BCUT2D eigenvalue weighted by Gasteiger charge is 2.21. The number of hydrogen-bond donors (Lipinski definition) is 1. The average molecular weight is 290 g/mol. The van der Waals surface area contributed by atoms with Crippen LogP contribution in [0.1, 0.15) is 39.2 Å². The van der Waals surface area contributed by atoms with Gasteiger partial charge in [0.15, 0.2) is 0 Å². The van der Waals surface area contributed by atoms with Crippen molar-refractivity contribution in [3.05, 3.63) is 29.8 Å². The fourth-order valence-electron chi connectivity index (χ4n) is 2.87. The van der Waals surface area contributed by atoms with Crippen molar-refractivity contribution in [2.45, 2.75) is 45.7 Å². The number of methoxy groups -OCH3 is 1. The maximum atomic E-state index is 5.45. The third kappa shape index (κ3) is 5.33. The van der Waals surface area contributed by atoms with Crippen LogP contribution in [0.25, 0.3) is 0 Å². The van der Waals surface area contributed by atoms with Crippen molar-refractivity contribution in [1.82, 2.24) is 10.2 Å². The van der Waals surface area contributed by atoms with Crippen molar-refractivity contribution in [2.75, 3.05) is 26.7 Å². The van der Waals surface area contributed by atoms with Crippen molar-refractivity contribution in [3.8, 4) is 5.75 Å². The molecule has 0 unspecified atom stereocenters. The van der Waals surface area contributed by atoms with Crippen LogP contribution in [0.5, 0.6) is 5.75 Å². The number of nitrogens with one attached hydrogen (secondary N) is 1. The molecule has 0 spiro atoms. The van der Waals surface area contributed by atoms with Crippen LogP contribution in [0.4, 0.5) is 0 Å². The zero-order valence-corrected chi connectivity index (χ0v) is 14.0. The summed E-state index contributed by atoms with van der Waals surface area (Å²) in [7, 11) is 1.75. The minimum absolute atomic E-state index is 0.231. The lowest BCUT2D eigenvalue weighted by Gasteiger charge is -2.34. The fraction of sp³-hybridized carbons (Fsp3) is 0.667. The molecule has 21 heavy (non-hydrogen) atoms. The molecule has 0 amide bonds. The summed E-state index contributed by atoms with van der Waals surface area (Å²) < 4.78 is 5.45. The molecule has 3 heteroatoms. The predicted octanol–water partition coefficient (Wildman–Crippen LogP) is 3.30. The van der Waals surface area contributed by atoms with Gasteiger partial charge in [-0.1, -0.05) is 18.2 Å². The van der Waals surface area contributed by atoms with Gasteiger partial charge in [-0.15, -0.1) is 0 Å². The second-order valence-electron chi connectivity index (χ2n) is 7.16. The molecule has 1 fully saturated rings. The maximum Gasteiger partial charge on any atom is 0.123 e. The number of likely N-dealkylation sites (tertiary alicyclic amines) is 1. The normalized spacial score (nSPS) is 17.9. The molecule has 1 N–H and O–H groups in total. The van der Waals surface area contributed by atoms with Gasteiger partial charge in [0.1, 0.15) is 5.75 Å². The van der Waals surface area contributed by atoms with Crippen molar-refractivity contribution in [3.63, 3.8) is 0 Å². The highest BCUT2D eigenvalue weighted by molar-refractivity contribution is 5.33. The van der Waals surface area contributed by atoms with Crippen molar-refractivity contribution in [2.24, 2.45) is 5.92 Å². The number of nitrogens with zero attached hydrogens (tertiary/aromatic N) is 1. The minimum Gasteiger partial charge on any atom is -0.496 e. The Morgan fingerprint density at radius 1 is 1.19 bits per heavy atom. The highest BCUT2D eigenvalue weighted by Crippen LogP contribution is 2.23. The first-order valence-electron chi connectivity index (χ1n) is 8.07. The molecule has 0 aromatic heterocycles. The van der Waals surface area contributed by atoms with E-state index in [0.717, 1.165) is 24.8 Å². The van der Waals surface area contributed by atoms with E-state index in [-0.39, 0.29) is 5.54 Å². The van der Waals surface area contributed by atoms with Crippen LogP contribution in [0.15, 0.2) is 24.3 Å². The van der Waals surface area contributed by atoms with Crippen LogP contribution >= 0.6 is 0 Å². The molecule has 0 atom stereocenters. The molecule has 0 aliphatic carbocycles. The van der Waals surface area contributed by atoms with E-state index in [9.17, 15) is 0 Å². The third-order valence-electron chi connectivity index (χ3n) is 4.21. The van der Waals surface area contributed by atoms with E-state index < -0.39 is 0 Å². The monoisotopic (exact) mass is 290 g/mol. The lowest BCUT2D eigenvalue weighted by atomic mass is 9.95. The predicted molar refractivity (Wildman–Crippen MR) is 88.8 cm³/mol. The summed E-state index contributed by atoms with van der Waals surface area (Å²) >= 11 is 0. The van der Waals surface area contributed by atoms with E-state index in [0.29, 0.717) is 0 Å². The number of piperidine rings is 1. The molecule has 1 aliphatic heterocycles. The zero-order valence-electron chi connectivity index (χ0n) is 14.0. The van der Waals surface area contributed by atoms with Crippen LogP contribution in [0, 0.1) is 5.92 Å². The summed E-state index contributed by atoms with van der Waals surface area (Å²) in [5, 5.41) is 3.64. The molecule has 0 radical (unpaired) electrons. The van der Waals surface area contributed by atoms with Gasteiger partial charge in [-0.2, -0.15) is 0 Å². The summed E-state index contributed by atoms with van der Waals surface area (Å²) in [5.74, 6) is 1.83. The average Bonchev–Trinajstić information content (AvgIpc) is 2.46. The Morgan fingerprint density at radius 3 is 2.48 bits per heavy atom. The van der Waals surface area contributed by atoms with Crippen LogP contribution in [0.3, 0.4) is 0 Å². The van der Waals surface area contributed by atoms with E-state index in [2.05, 4.69) is 49.2 Å². The van der Waals surface area contributed by atoms with Gasteiger partial charge in [-0.05, 0) is 65.2 Å². The molecular formula is C18H30N2O. The van der Waals surface area contributed by atoms with Crippen LogP contribution in [0.2, 0.25) is 0 Å². The summed E-state index contributed by atoms with van der Waals surface area (Å²) in [5.41, 5.74) is 1.53. The standard InChI is InChI=1S/C18H30N2O/c1-18(2,3)19-13-15-9-11-20(12-10-15)14-16-7-5-6-8-17(16)21-4/h5-8,15,19H,9-14H2,1-4H3. The molecule has 0 saturated carbocycles. The summed E-state index contributed by atoms with van der Waals surface area (Å²) in [4.78, 5) is 2.55. The summed E-state index contributed by atoms with van der Waals surface area (Å²) in [6.45, 7) is 11.2. The maximum absolute atomic E-state index is 5.45. The van der Waals surface area contributed by atoms with E-state index in [1.54, 1.807) is 7.11 Å². The first-order chi connectivity index (χ1) is 9.98. The van der Waals surface area contributed by atoms with E-state index in [4.69, 9.17) is 4.74 Å². The Morgan fingerprint density at radius 2 is 1.86 bits per heavy atom. The Balaban J connectivity index is 1.79. The fourth-order valence-corrected chi connectivity index (χ4v) is 2.87. The van der Waals surface area contributed by atoms with Crippen LogP contribution in [-0.4, -0.2) is 37.2 Å². The Labute approximate surface area is 129 Å². The highest BCUT2D eigenvalue weighted by atomic mass is 16.5. The van der Waals surface area contributed by atoms with E-state index >= 15 is 0 Å². The van der Waals surface area contributed by atoms with Crippen molar-refractivity contribution < 1.29 is 4.74 Å². The molecule has 1 aromatic carbocycles. The lowest BCUT2D eigenvalue weighted by molar-refractivity contribution is 0.169. The van der Waals surface area contributed by atoms with Gasteiger partial charge in [-0.25, -0.2) is 0 Å². The Hall–Kier alpha value is -1.06. The van der Waals surface area contributed by atoms with Gasteiger partial charge >= 0.3 is 0 Å². The summed E-state index contributed by atoms with van der Waals surface area (Å²) in [6, 6.07) is 8.35. The van der Waals surface area contributed by atoms with E-state index in [1.807, 2.05) is 6.07 Å². The first-order valence-corrected chi connectivity index (χ1v) is 8.07. The largest absolute Gasteiger partial charge is 0.496 e. The van der Waals surface area contributed by atoms with Gasteiger partial charge in [0, 0.05) is 17.6 Å². The van der Waals surface area contributed by atoms with Crippen LogP contribution in [-0.2, 0) is 6.54 Å². The van der Waals surface area contributed by atoms with Gasteiger partial charge in [0.2, 0.25) is 0 Å². The second-order valence-corrected chi connectivity index (χ2v) is 7.16. The Bertz CT molecular complexity index is 431. The molecule has 2 rings (SSSR count). The number of benzene rings is 1. The van der Waals surface area contributed by atoms with Gasteiger partial charge < -0.3 is 10.1 Å². The van der Waals surface area contributed by atoms with Crippen molar-refractivity contribution >= 4 is 0 Å². The summed E-state index contributed by atoms with van der Waals surface area (Å²) in [6.07, 6.45) is 2.58. The van der Waals surface area contributed by atoms with Crippen molar-refractivity contribution in [1.29, 1.82) is 0 Å². The molecule has 1 aromatic rings. The lowest BCUT2D eigenvalue weighted by Crippen LogP contribution is -2.42. The number of para-hydroxylation sites is 1. The molecule has 118 valence electrons. The Kier molecular flexibility index (Phi) is 5.65. The quantitative estimate of drug-likeness (QED) is 0.900. The molecular weight excluding hydrogens is 260 g/mol. The number of rotatable bonds is 5. The molecule has 0 bridgehead atoms. The second kappa shape index (κ2) is 7.28. The number of hydrogen-bond acceptors (Lipinski definition) is 3. The topological polar surface area (TPSA) is 24.5 Å². The van der Waals surface area contributed by atoms with Gasteiger partial charge in [-0.3, -0.25) is 4.90 Å². The van der Waals surface area contributed by atoms with Gasteiger partial charge in [0.05, 0.1) is 7.11 Å². The molecule has 1 saturated heterocycles. The van der Waals surface area contributed by atoms with Crippen LogP contribution < -0.4 is 10.1 Å². The number of ether oxygens (including phenoxy) is 1. The van der Waals surface area contributed by atoms with E-state index in [1.165, 1.54) is 31.5 Å².